The molecule has 0 heterocycles. The van der Waals surface area contributed by atoms with Gasteiger partial charge in [-0.3, -0.25) is 0 Å². The van der Waals surface area contributed by atoms with Crippen LogP contribution in [0.25, 0.3) is 0 Å². The van der Waals surface area contributed by atoms with Gasteiger partial charge in [-0.25, -0.2) is 4.39 Å². The molecule has 0 unspecified atom stereocenters. The Morgan fingerprint density at radius 3 is 2.18 bits per heavy atom. The molecule has 66 valence electrons. The lowest BCUT2D eigenvalue weighted by atomic mass is 9.83. The fourth-order valence-electron chi connectivity index (χ4n) is 2.02. The summed E-state index contributed by atoms with van der Waals surface area (Å²) >= 11 is 0. The van der Waals surface area contributed by atoms with Gasteiger partial charge in [0.1, 0.15) is 6.17 Å². The van der Waals surface area contributed by atoms with Crippen molar-refractivity contribution in [3.05, 3.63) is 0 Å². The second-order valence-corrected chi connectivity index (χ2v) is 4.25. The number of hydrogen-bond donors (Lipinski definition) is 0. The van der Waals surface area contributed by atoms with Crippen LogP contribution in [0.4, 0.5) is 4.39 Å². The van der Waals surface area contributed by atoms with E-state index in [1.54, 1.807) is 0 Å². The van der Waals surface area contributed by atoms with Crippen LogP contribution in [0.5, 0.6) is 0 Å². The first kappa shape index (κ1) is 9.02. The van der Waals surface area contributed by atoms with Crippen LogP contribution < -0.4 is 0 Å². The Balaban J connectivity index is 2.17. The molecule has 0 amide bonds. The molecule has 1 heteroatoms. The Morgan fingerprint density at radius 2 is 1.73 bits per heavy atom. The van der Waals surface area contributed by atoms with Crippen LogP contribution in [0.3, 0.4) is 0 Å². The van der Waals surface area contributed by atoms with Gasteiger partial charge in [0.2, 0.25) is 0 Å². The lowest BCUT2D eigenvalue weighted by Gasteiger charge is -2.25. The third-order valence-corrected chi connectivity index (χ3v) is 2.58. The van der Waals surface area contributed by atoms with Gasteiger partial charge in [-0.15, -0.1) is 0 Å². The monoisotopic (exact) mass is 158 g/mol. The molecule has 11 heavy (non-hydrogen) atoms. The molecule has 0 bridgehead atoms. The largest absolute Gasteiger partial charge is 0.247 e. The summed E-state index contributed by atoms with van der Waals surface area (Å²) < 4.78 is 12.7. The van der Waals surface area contributed by atoms with E-state index in [1.165, 1.54) is 6.42 Å². The van der Waals surface area contributed by atoms with Gasteiger partial charge in [-0.05, 0) is 43.9 Å². The number of halogens is 1. The topological polar surface area (TPSA) is 0 Å². The highest BCUT2D eigenvalue weighted by atomic mass is 19.1. The van der Waals surface area contributed by atoms with E-state index in [9.17, 15) is 4.39 Å². The summed E-state index contributed by atoms with van der Waals surface area (Å²) in [4.78, 5) is 0. The molecule has 0 aromatic carbocycles. The molecule has 1 saturated carbocycles. The zero-order chi connectivity index (χ0) is 8.27. The molecule has 0 spiro atoms. The van der Waals surface area contributed by atoms with Gasteiger partial charge in [0.05, 0.1) is 0 Å². The highest BCUT2D eigenvalue weighted by molar-refractivity contribution is 4.72. The molecule has 1 aliphatic rings. The summed E-state index contributed by atoms with van der Waals surface area (Å²) in [6, 6.07) is 0. The van der Waals surface area contributed by atoms with Gasteiger partial charge in [0.15, 0.2) is 0 Å². The van der Waals surface area contributed by atoms with Crippen LogP contribution in [0.2, 0.25) is 0 Å². The van der Waals surface area contributed by atoms with E-state index in [1.807, 2.05) is 0 Å². The van der Waals surface area contributed by atoms with Crippen LogP contribution in [0, 0.1) is 11.8 Å². The summed E-state index contributed by atoms with van der Waals surface area (Å²) in [6.07, 6.45) is 4.69. The van der Waals surface area contributed by atoms with Gasteiger partial charge in [0, 0.05) is 0 Å². The van der Waals surface area contributed by atoms with E-state index in [0.29, 0.717) is 0 Å². The van der Waals surface area contributed by atoms with E-state index < -0.39 is 6.17 Å². The van der Waals surface area contributed by atoms with Crippen molar-refractivity contribution in [2.75, 3.05) is 0 Å². The number of alkyl halides is 1. The van der Waals surface area contributed by atoms with Crippen molar-refractivity contribution in [2.24, 2.45) is 11.8 Å². The summed E-state index contributed by atoms with van der Waals surface area (Å²) in [7, 11) is 0. The van der Waals surface area contributed by atoms with Crippen molar-refractivity contribution < 1.29 is 4.39 Å². The van der Waals surface area contributed by atoms with Gasteiger partial charge in [0.25, 0.3) is 0 Å². The zero-order valence-corrected chi connectivity index (χ0v) is 7.65. The fourth-order valence-corrected chi connectivity index (χ4v) is 2.02. The maximum atomic E-state index is 12.7. The summed E-state index contributed by atoms with van der Waals surface area (Å²) in [5.74, 6) is 1.61. The Kier molecular flexibility index (Phi) is 3.35. The van der Waals surface area contributed by atoms with E-state index in [2.05, 4.69) is 13.8 Å². The molecule has 1 aliphatic carbocycles. The Bertz CT molecular complexity index is 101. The highest BCUT2D eigenvalue weighted by Gasteiger charge is 2.20. The Hall–Kier alpha value is -0.0700. The molecule has 0 saturated heterocycles. The third kappa shape index (κ3) is 3.22. The van der Waals surface area contributed by atoms with E-state index >= 15 is 0 Å². The minimum absolute atomic E-state index is 0.488. The maximum Gasteiger partial charge on any atom is 0.100 e. The van der Waals surface area contributed by atoms with Crippen LogP contribution in [-0.2, 0) is 0 Å². The molecular formula is C10H19F. The molecular weight excluding hydrogens is 139 g/mol. The van der Waals surface area contributed by atoms with Gasteiger partial charge in [-0.2, -0.15) is 0 Å². The number of rotatable bonds is 2. The molecule has 0 radical (unpaired) electrons. The van der Waals surface area contributed by atoms with E-state index in [4.69, 9.17) is 0 Å². The first-order valence-corrected chi connectivity index (χ1v) is 4.82. The van der Waals surface area contributed by atoms with Crippen molar-refractivity contribution >= 4 is 0 Å². The van der Waals surface area contributed by atoms with Crippen LogP contribution in [-0.4, -0.2) is 6.17 Å². The van der Waals surface area contributed by atoms with Crippen molar-refractivity contribution in [2.45, 2.75) is 52.1 Å². The second kappa shape index (κ2) is 4.08. The third-order valence-electron chi connectivity index (χ3n) is 2.58. The Morgan fingerprint density at radius 1 is 1.18 bits per heavy atom. The zero-order valence-electron chi connectivity index (χ0n) is 7.65. The second-order valence-electron chi connectivity index (χ2n) is 4.25. The average molecular weight is 158 g/mol. The quantitative estimate of drug-likeness (QED) is 0.576. The standard InChI is InChI=1S/C10H19F/c1-8(2)7-9-3-5-10(11)6-4-9/h8-10H,3-7H2,1-2H3. The molecule has 0 atom stereocenters. The predicted molar refractivity (Wildman–Crippen MR) is 46.3 cm³/mol. The highest BCUT2D eigenvalue weighted by Crippen LogP contribution is 2.30. The fraction of sp³-hybridized carbons (Fsp3) is 1.00. The average Bonchev–Trinajstić information content (AvgIpc) is 1.93. The van der Waals surface area contributed by atoms with Crippen molar-refractivity contribution in [3.8, 4) is 0 Å². The smallest absolute Gasteiger partial charge is 0.100 e. The minimum atomic E-state index is -0.488. The lowest BCUT2D eigenvalue weighted by Crippen LogP contribution is -2.16. The summed E-state index contributed by atoms with van der Waals surface area (Å²) in [5, 5.41) is 0. The van der Waals surface area contributed by atoms with Crippen molar-refractivity contribution in [3.63, 3.8) is 0 Å². The predicted octanol–water partition coefficient (Wildman–Crippen LogP) is 3.56. The first-order valence-electron chi connectivity index (χ1n) is 4.82. The van der Waals surface area contributed by atoms with Crippen LogP contribution >= 0.6 is 0 Å². The molecule has 1 fully saturated rings. The van der Waals surface area contributed by atoms with E-state index in [-0.39, 0.29) is 0 Å². The molecule has 0 nitrogen and oxygen atoms in total. The number of hydrogen-bond acceptors (Lipinski definition) is 0. The van der Waals surface area contributed by atoms with Crippen LogP contribution in [0.1, 0.15) is 46.0 Å². The van der Waals surface area contributed by atoms with Gasteiger partial charge < -0.3 is 0 Å². The van der Waals surface area contributed by atoms with E-state index in [0.717, 1.165) is 37.5 Å². The normalized spacial score (nSPS) is 32.7. The van der Waals surface area contributed by atoms with Gasteiger partial charge >= 0.3 is 0 Å². The van der Waals surface area contributed by atoms with Crippen molar-refractivity contribution in [1.29, 1.82) is 0 Å². The molecule has 0 aromatic rings. The Labute approximate surface area is 69.2 Å². The summed E-state index contributed by atoms with van der Waals surface area (Å²) in [6.45, 7) is 4.50. The SMILES string of the molecule is CC(C)CC1CCC(F)CC1. The van der Waals surface area contributed by atoms with Crippen molar-refractivity contribution in [1.82, 2.24) is 0 Å². The molecule has 1 rings (SSSR count). The van der Waals surface area contributed by atoms with Crippen LogP contribution in [0.15, 0.2) is 0 Å². The molecule has 0 N–H and O–H groups in total. The maximum absolute atomic E-state index is 12.7. The lowest BCUT2D eigenvalue weighted by molar-refractivity contribution is 0.192. The summed E-state index contributed by atoms with van der Waals surface area (Å²) in [5.41, 5.74) is 0. The molecule has 0 aromatic heterocycles. The minimum Gasteiger partial charge on any atom is -0.247 e. The van der Waals surface area contributed by atoms with Gasteiger partial charge in [-0.1, -0.05) is 13.8 Å². The first-order chi connectivity index (χ1) is 5.18. The molecule has 0 aliphatic heterocycles.